The van der Waals surface area contributed by atoms with Gasteiger partial charge in [0.05, 0.1) is 11.4 Å². The predicted molar refractivity (Wildman–Crippen MR) is 305 cm³/mol. The summed E-state index contributed by atoms with van der Waals surface area (Å²) >= 11 is 0. The summed E-state index contributed by atoms with van der Waals surface area (Å²) in [5, 5.41) is 2.19. The SMILES string of the molecule is CC1(C)c2ccccc2-c2cccc(-c3ccc(N(c4ccc(-c5cccc6c5C(C)(C)c5ccccc5-6)cc4)c4ccc5c6c(cccc46)-c4c(cccc4N(c4ccccc4)c4ccccc4)O5)cc3)c21. The highest BCUT2D eigenvalue weighted by atomic mass is 16.5. The average Bonchev–Trinajstić information content (AvgIpc) is 3.82. The fraction of sp³-hybridized carbons (Fsp3) is 0.0857. The predicted octanol–water partition coefficient (Wildman–Crippen LogP) is 19.5. The zero-order chi connectivity index (χ0) is 49.0. The van der Waals surface area contributed by atoms with Crippen LogP contribution in [0.25, 0.3) is 66.4 Å². The van der Waals surface area contributed by atoms with Crippen LogP contribution in [0.15, 0.2) is 243 Å². The molecular weight excluding hydrogens is 885 g/mol. The number of nitrogens with zero attached hydrogens (tertiary/aromatic N) is 2. The van der Waals surface area contributed by atoms with E-state index in [0.717, 1.165) is 67.5 Å². The minimum atomic E-state index is -0.130. The van der Waals surface area contributed by atoms with Gasteiger partial charge in [-0.2, -0.15) is 0 Å². The van der Waals surface area contributed by atoms with Crippen molar-refractivity contribution in [2.45, 2.75) is 38.5 Å². The lowest BCUT2D eigenvalue weighted by molar-refractivity contribution is 0.487. The van der Waals surface area contributed by atoms with Crippen LogP contribution >= 0.6 is 0 Å². The molecule has 73 heavy (non-hydrogen) atoms. The Kier molecular flexibility index (Phi) is 9.59. The molecule has 11 aromatic carbocycles. The Hall–Kier alpha value is -8.92. The first-order valence-corrected chi connectivity index (χ1v) is 25.5. The van der Waals surface area contributed by atoms with Crippen LogP contribution in [0.2, 0.25) is 0 Å². The molecule has 1 heterocycles. The molecule has 14 rings (SSSR count). The molecule has 0 saturated heterocycles. The number of ether oxygens (including phenoxy) is 1. The third-order valence-electron chi connectivity index (χ3n) is 16.0. The van der Waals surface area contributed by atoms with Crippen LogP contribution in [0.5, 0.6) is 11.5 Å². The lowest BCUT2D eigenvalue weighted by atomic mass is 9.79. The van der Waals surface area contributed by atoms with Crippen molar-refractivity contribution in [3.8, 4) is 67.1 Å². The van der Waals surface area contributed by atoms with Crippen LogP contribution in [0.4, 0.5) is 34.1 Å². The summed E-state index contributed by atoms with van der Waals surface area (Å²) in [6.07, 6.45) is 0. The third-order valence-corrected chi connectivity index (χ3v) is 16.0. The van der Waals surface area contributed by atoms with Gasteiger partial charge in [0.25, 0.3) is 0 Å². The molecule has 3 aliphatic rings. The summed E-state index contributed by atoms with van der Waals surface area (Å²) in [6.45, 7) is 9.48. The van der Waals surface area contributed by atoms with E-state index in [1.807, 2.05) is 0 Å². The number of fused-ring (bicyclic) bond motifs is 8. The summed E-state index contributed by atoms with van der Waals surface area (Å²) < 4.78 is 7.00. The Morgan fingerprint density at radius 2 is 0.726 bits per heavy atom. The molecule has 0 aromatic heterocycles. The molecule has 1 aliphatic heterocycles. The topological polar surface area (TPSA) is 15.7 Å². The standard InChI is InChI=1S/C70H52N2O/c1-69(2)59-31-13-11-23-53(59)55-27-15-25-51(67(55)69)45-35-39-49(40-36-45)71(50-41-37-46(38-42-50)52-26-16-28-56-54-24-12-14-32-60(54)70(3,4)68(52)56)61-43-44-64-65-57(61)29-17-30-58(65)66-62(33-18-34-63(66)73-64)72(47-19-7-5-8-20-47)48-21-9-6-10-22-48/h5-44H,1-4H3. The van der Waals surface area contributed by atoms with Crippen LogP contribution < -0.4 is 14.5 Å². The van der Waals surface area contributed by atoms with E-state index in [1.165, 1.54) is 66.8 Å². The second-order valence-electron chi connectivity index (χ2n) is 20.8. The van der Waals surface area contributed by atoms with Gasteiger partial charge >= 0.3 is 0 Å². The van der Waals surface area contributed by atoms with Crippen LogP contribution in [0.3, 0.4) is 0 Å². The molecule has 0 saturated carbocycles. The molecule has 0 N–H and O–H groups in total. The summed E-state index contributed by atoms with van der Waals surface area (Å²) in [4.78, 5) is 4.78. The van der Waals surface area contributed by atoms with Crippen LogP contribution in [0, 0.1) is 0 Å². The molecule has 0 atom stereocenters. The van der Waals surface area contributed by atoms with Crippen molar-refractivity contribution >= 4 is 44.9 Å². The molecule has 2 aliphatic carbocycles. The first kappa shape index (κ1) is 42.9. The van der Waals surface area contributed by atoms with Crippen molar-refractivity contribution in [1.29, 1.82) is 0 Å². The van der Waals surface area contributed by atoms with Crippen LogP contribution in [-0.2, 0) is 10.8 Å². The molecule has 3 heteroatoms. The Morgan fingerprint density at radius 1 is 0.301 bits per heavy atom. The second kappa shape index (κ2) is 16.3. The van der Waals surface area contributed by atoms with E-state index >= 15 is 0 Å². The molecule has 0 amide bonds. The quantitative estimate of drug-likeness (QED) is 0.151. The Balaban J connectivity index is 0.933. The monoisotopic (exact) mass is 936 g/mol. The molecule has 0 fully saturated rings. The van der Waals surface area contributed by atoms with Gasteiger partial charge in [0, 0.05) is 49.9 Å². The van der Waals surface area contributed by atoms with E-state index in [9.17, 15) is 0 Å². The molecule has 0 radical (unpaired) electrons. The van der Waals surface area contributed by atoms with Crippen molar-refractivity contribution in [2.24, 2.45) is 0 Å². The average molecular weight is 937 g/mol. The maximum Gasteiger partial charge on any atom is 0.137 e. The zero-order valence-corrected chi connectivity index (χ0v) is 41.4. The minimum Gasteiger partial charge on any atom is -0.456 e. The van der Waals surface area contributed by atoms with Gasteiger partial charge in [0.15, 0.2) is 0 Å². The van der Waals surface area contributed by atoms with E-state index < -0.39 is 0 Å². The molecule has 0 bridgehead atoms. The third kappa shape index (κ3) is 6.51. The summed E-state index contributed by atoms with van der Waals surface area (Å²) in [6, 6.07) is 88.7. The molecule has 0 spiro atoms. The lowest BCUT2D eigenvalue weighted by Gasteiger charge is -2.32. The van der Waals surface area contributed by atoms with E-state index in [1.54, 1.807) is 0 Å². The van der Waals surface area contributed by atoms with Gasteiger partial charge in [-0.05, 0) is 145 Å². The molecular formula is C70H52N2O. The highest BCUT2D eigenvalue weighted by Crippen LogP contribution is 2.57. The van der Waals surface area contributed by atoms with Crippen molar-refractivity contribution in [3.63, 3.8) is 0 Å². The zero-order valence-electron chi connectivity index (χ0n) is 41.4. The van der Waals surface area contributed by atoms with Gasteiger partial charge in [0.1, 0.15) is 11.5 Å². The smallest absolute Gasteiger partial charge is 0.137 e. The number of hydrogen-bond acceptors (Lipinski definition) is 3. The first-order chi connectivity index (χ1) is 35.8. The van der Waals surface area contributed by atoms with Crippen molar-refractivity contribution in [2.75, 3.05) is 9.80 Å². The summed E-state index contributed by atoms with van der Waals surface area (Å²) in [5.41, 5.74) is 24.2. The number of para-hydroxylation sites is 2. The number of rotatable bonds is 8. The second-order valence-corrected chi connectivity index (χ2v) is 20.8. The van der Waals surface area contributed by atoms with Gasteiger partial charge in [0.2, 0.25) is 0 Å². The first-order valence-electron chi connectivity index (χ1n) is 25.5. The maximum atomic E-state index is 7.00. The summed E-state index contributed by atoms with van der Waals surface area (Å²) in [5.74, 6) is 1.68. The fourth-order valence-corrected chi connectivity index (χ4v) is 12.8. The fourth-order valence-electron chi connectivity index (χ4n) is 12.8. The Morgan fingerprint density at radius 3 is 1.27 bits per heavy atom. The Labute approximate surface area is 427 Å². The maximum absolute atomic E-state index is 7.00. The van der Waals surface area contributed by atoms with Crippen LogP contribution in [0.1, 0.15) is 49.9 Å². The van der Waals surface area contributed by atoms with Gasteiger partial charge in [-0.25, -0.2) is 0 Å². The number of anilines is 6. The Bertz CT molecular complexity index is 3790. The van der Waals surface area contributed by atoms with Gasteiger partial charge in [-0.1, -0.05) is 198 Å². The van der Waals surface area contributed by atoms with Gasteiger partial charge < -0.3 is 14.5 Å². The number of benzene rings is 11. The molecule has 11 aromatic rings. The van der Waals surface area contributed by atoms with E-state index in [-0.39, 0.29) is 10.8 Å². The van der Waals surface area contributed by atoms with E-state index in [4.69, 9.17) is 4.74 Å². The highest BCUT2D eigenvalue weighted by molar-refractivity contribution is 6.13. The van der Waals surface area contributed by atoms with E-state index in [2.05, 4.69) is 280 Å². The largest absolute Gasteiger partial charge is 0.456 e. The van der Waals surface area contributed by atoms with Crippen molar-refractivity contribution in [3.05, 3.63) is 265 Å². The molecule has 3 nitrogen and oxygen atoms in total. The normalized spacial score (nSPS) is 13.8. The van der Waals surface area contributed by atoms with E-state index in [0.29, 0.717) is 0 Å². The van der Waals surface area contributed by atoms with Crippen LogP contribution in [-0.4, -0.2) is 0 Å². The molecule has 348 valence electrons. The highest BCUT2D eigenvalue weighted by Gasteiger charge is 2.39. The van der Waals surface area contributed by atoms with Gasteiger partial charge in [-0.3, -0.25) is 0 Å². The van der Waals surface area contributed by atoms with Gasteiger partial charge in [-0.15, -0.1) is 0 Å². The lowest BCUT2D eigenvalue weighted by Crippen LogP contribution is -2.16. The van der Waals surface area contributed by atoms with Crippen molar-refractivity contribution in [1.82, 2.24) is 0 Å². The molecule has 0 unspecified atom stereocenters. The van der Waals surface area contributed by atoms with Crippen molar-refractivity contribution < 1.29 is 4.74 Å². The number of hydrogen-bond donors (Lipinski definition) is 0. The minimum absolute atomic E-state index is 0.130. The summed E-state index contributed by atoms with van der Waals surface area (Å²) in [7, 11) is 0.